The Balaban J connectivity index is 2.42. The van der Waals surface area contributed by atoms with Crippen molar-refractivity contribution in [3.05, 3.63) is 0 Å². The Labute approximate surface area is 115 Å². The molecule has 1 atom stereocenters. The summed E-state index contributed by atoms with van der Waals surface area (Å²) < 4.78 is 0. The van der Waals surface area contributed by atoms with E-state index in [-0.39, 0.29) is 12.1 Å². The molecule has 1 aliphatic carbocycles. The summed E-state index contributed by atoms with van der Waals surface area (Å²) in [5.41, 5.74) is -1.19. The average Bonchev–Trinajstić information content (AvgIpc) is 2.39. The molecule has 5 nitrogen and oxygen atoms in total. The number of amides is 2. The van der Waals surface area contributed by atoms with Gasteiger partial charge in [0, 0.05) is 6.04 Å². The van der Waals surface area contributed by atoms with Gasteiger partial charge in [0.05, 0.1) is 0 Å². The summed E-state index contributed by atoms with van der Waals surface area (Å²) in [4.78, 5) is 23.0. The lowest BCUT2D eigenvalue weighted by Gasteiger charge is -2.30. The van der Waals surface area contributed by atoms with E-state index >= 15 is 0 Å². The van der Waals surface area contributed by atoms with Gasteiger partial charge in [-0.05, 0) is 44.9 Å². The monoisotopic (exact) mass is 270 g/mol. The fourth-order valence-electron chi connectivity index (χ4n) is 2.48. The lowest BCUT2D eigenvalue weighted by molar-refractivity contribution is -0.143. The molecule has 0 radical (unpaired) electrons. The van der Waals surface area contributed by atoms with Gasteiger partial charge in [0.15, 0.2) is 0 Å². The molecule has 19 heavy (non-hydrogen) atoms. The van der Waals surface area contributed by atoms with E-state index in [1.54, 1.807) is 6.92 Å². The Morgan fingerprint density at radius 3 is 2.21 bits per heavy atom. The first-order chi connectivity index (χ1) is 8.91. The third kappa shape index (κ3) is 4.40. The lowest BCUT2D eigenvalue weighted by atomic mass is 9.84. The number of carboxylic acid groups (broad SMARTS) is 1. The molecule has 1 unspecified atom stereocenters. The van der Waals surface area contributed by atoms with Crippen molar-refractivity contribution < 1.29 is 14.7 Å². The van der Waals surface area contributed by atoms with E-state index in [0.717, 1.165) is 31.6 Å². The summed E-state index contributed by atoms with van der Waals surface area (Å²) in [7, 11) is 0. The zero-order valence-corrected chi connectivity index (χ0v) is 12.2. The van der Waals surface area contributed by atoms with Gasteiger partial charge in [0.1, 0.15) is 5.54 Å². The molecule has 3 N–H and O–H groups in total. The molecule has 1 saturated carbocycles. The van der Waals surface area contributed by atoms with Crippen LogP contribution in [0.1, 0.15) is 59.3 Å². The van der Waals surface area contributed by atoms with Gasteiger partial charge in [-0.25, -0.2) is 9.59 Å². The molecule has 5 heteroatoms. The molecule has 0 saturated heterocycles. The first-order valence-electron chi connectivity index (χ1n) is 7.23. The molecule has 1 fully saturated rings. The van der Waals surface area contributed by atoms with Crippen molar-refractivity contribution in [1.29, 1.82) is 0 Å². The van der Waals surface area contributed by atoms with Crippen molar-refractivity contribution in [2.75, 3.05) is 0 Å². The van der Waals surface area contributed by atoms with Crippen molar-refractivity contribution in [1.82, 2.24) is 10.6 Å². The molecule has 0 aromatic rings. The highest BCUT2D eigenvalue weighted by Crippen LogP contribution is 2.26. The van der Waals surface area contributed by atoms with Crippen LogP contribution in [-0.2, 0) is 4.79 Å². The lowest BCUT2D eigenvalue weighted by Crippen LogP contribution is -2.56. The predicted molar refractivity (Wildman–Crippen MR) is 74.0 cm³/mol. The predicted octanol–water partition coefficient (Wildman–Crippen LogP) is 2.51. The number of carboxylic acids is 1. The van der Waals surface area contributed by atoms with Crippen LogP contribution in [0.3, 0.4) is 0 Å². The van der Waals surface area contributed by atoms with Crippen molar-refractivity contribution >= 4 is 12.0 Å². The first kappa shape index (κ1) is 15.8. The van der Waals surface area contributed by atoms with Crippen LogP contribution in [0.2, 0.25) is 0 Å². The van der Waals surface area contributed by atoms with Crippen LogP contribution in [0.4, 0.5) is 4.79 Å². The minimum atomic E-state index is -1.19. The molecule has 0 heterocycles. The molecule has 0 bridgehead atoms. The van der Waals surface area contributed by atoms with Crippen molar-refractivity contribution in [2.45, 2.75) is 70.9 Å². The number of aliphatic carboxylic acids is 1. The maximum atomic E-state index is 11.9. The molecular weight excluding hydrogens is 244 g/mol. The highest BCUT2D eigenvalue weighted by molar-refractivity contribution is 5.85. The average molecular weight is 270 g/mol. The largest absolute Gasteiger partial charge is 0.480 e. The maximum Gasteiger partial charge on any atom is 0.329 e. The van der Waals surface area contributed by atoms with Crippen LogP contribution in [0.5, 0.6) is 0 Å². The minimum Gasteiger partial charge on any atom is -0.480 e. The SMILES string of the molecule is CCC1CCC(NC(=O)NC(C)(CC)C(=O)O)CC1. The molecule has 0 aliphatic heterocycles. The molecule has 0 aromatic heterocycles. The van der Waals surface area contributed by atoms with Crippen LogP contribution in [0.15, 0.2) is 0 Å². The fourth-order valence-corrected chi connectivity index (χ4v) is 2.48. The van der Waals surface area contributed by atoms with Gasteiger partial charge in [-0.2, -0.15) is 0 Å². The highest BCUT2D eigenvalue weighted by atomic mass is 16.4. The second kappa shape index (κ2) is 6.78. The fraction of sp³-hybridized carbons (Fsp3) is 0.857. The first-order valence-corrected chi connectivity index (χ1v) is 7.23. The number of urea groups is 1. The smallest absolute Gasteiger partial charge is 0.329 e. The molecule has 110 valence electrons. The van der Waals surface area contributed by atoms with E-state index in [1.807, 2.05) is 0 Å². The molecular formula is C14H26N2O3. The normalized spacial score (nSPS) is 26.3. The Morgan fingerprint density at radius 2 is 1.79 bits per heavy atom. The van der Waals surface area contributed by atoms with E-state index in [0.29, 0.717) is 6.42 Å². The van der Waals surface area contributed by atoms with Crippen molar-refractivity contribution in [3.8, 4) is 0 Å². The van der Waals surface area contributed by atoms with Gasteiger partial charge < -0.3 is 15.7 Å². The maximum absolute atomic E-state index is 11.9. The molecule has 0 aromatic carbocycles. The third-order valence-corrected chi connectivity index (χ3v) is 4.33. The quantitative estimate of drug-likeness (QED) is 0.718. The Kier molecular flexibility index (Phi) is 5.63. The summed E-state index contributed by atoms with van der Waals surface area (Å²) >= 11 is 0. The van der Waals surface area contributed by atoms with Gasteiger partial charge in [0.2, 0.25) is 0 Å². The van der Waals surface area contributed by atoms with E-state index in [4.69, 9.17) is 5.11 Å². The van der Waals surface area contributed by atoms with Gasteiger partial charge in [0.25, 0.3) is 0 Å². The number of rotatable bonds is 5. The summed E-state index contributed by atoms with van der Waals surface area (Å²) in [5.74, 6) is -0.221. The minimum absolute atomic E-state index is 0.178. The van der Waals surface area contributed by atoms with E-state index in [2.05, 4.69) is 17.6 Å². The van der Waals surface area contributed by atoms with Crippen LogP contribution >= 0.6 is 0 Å². The van der Waals surface area contributed by atoms with E-state index < -0.39 is 11.5 Å². The van der Waals surface area contributed by atoms with Crippen LogP contribution in [0, 0.1) is 5.92 Å². The summed E-state index contributed by atoms with van der Waals surface area (Å²) in [6.45, 7) is 5.48. The van der Waals surface area contributed by atoms with E-state index in [1.165, 1.54) is 13.3 Å². The van der Waals surface area contributed by atoms with Crippen LogP contribution in [0.25, 0.3) is 0 Å². The number of carbonyl (C=O) groups excluding carboxylic acids is 1. The van der Waals surface area contributed by atoms with Gasteiger partial charge in [-0.15, -0.1) is 0 Å². The van der Waals surface area contributed by atoms with Crippen molar-refractivity contribution in [3.63, 3.8) is 0 Å². The number of hydrogen-bond donors (Lipinski definition) is 3. The Hall–Kier alpha value is -1.26. The molecule has 1 aliphatic rings. The molecule has 1 rings (SSSR count). The topological polar surface area (TPSA) is 78.4 Å². The summed E-state index contributed by atoms with van der Waals surface area (Å²) in [6.07, 6.45) is 5.82. The van der Waals surface area contributed by atoms with Crippen molar-refractivity contribution in [2.24, 2.45) is 5.92 Å². The number of hydrogen-bond acceptors (Lipinski definition) is 2. The van der Waals surface area contributed by atoms with Crippen LogP contribution in [-0.4, -0.2) is 28.7 Å². The highest BCUT2D eigenvalue weighted by Gasteiger charge is 2.33. The summed E-state index contributed by atoms with van der Waals surface area (Å²) in [6, 6.07) is -0.190. The standard InChI is InChI=1S/C14H26N2O3/c1-4-10-6-8-11(9-7-10)15-13(19)16-14(3,5-2)12(17)18/h10-11H,4-9H2,1-3H3,(H,17,18)(H2,15,16,19). The second-order valence-electron chi connectivity index (χ2n) is 5.72. The van der Waals surface area contributed by atoms with E-state index in [9.17, 15) is 9.59 Å². The number of carbonyl (C=O) groups is 2. The Morgan fingerprint density at radius 1 is 1.21 bits per heavy atom. The molecule has 2 amide bonds. The summed E-state index contributed by atoms with van der Waals surface area (Å²) in [5, 5.41) is 14.6. The molecule has 0 spiro atoms. The second-order valence-corrected chi connectivity index (χ2v) is 5.72. The van der Waals surface area contributed by atoms with Crippen LogP contribution < -0.4 is 10.6 Å². The third-order valence-electron chi connectivity index (χ3n) is 4.33. The zero-order valence-electron chi connectivity index (χ0n) is 12.2. The Bertz CT molecular complexity index is 325. The van der Waals surface area contributed by atoms with Gasteiger partial charge in [-0.1, -0.05) is 20.3 Å². The van der Waals surface area contributed by atoms with Gasteiger partial charge >= 0.3 is 12.0 Å². The zero-order chi connectivity index (χ0) is 14.5. The number of nitrogens with one attached hydrogen (secondary N) is 2. The van der Waals surface area contributed by atoms with Gasteiger partial charge in [-0.3, -0.25) is 0 Å².